The molecule has 0 aromatic carbocycles. The Balaban J connectivity index is 2.50. The van der Waals surface area contributed by atoms with Crippen LogP contribution in [0.25, 0.3) is 0 Å². The van der Waals surface area contributed by atoms with E-state index < -0.39 is 6.10 Å². The maximum atomic E-state index is 9.52. The molecule has 66 valence electrons. The summed E-state index contributed by atoms with van der Waals surface area (Å²) < 4.78 is 5.05. The molecule has 1 N–H and O–H groups in total. The van der Waals surface area contributed by atoms with Gasteiger partial charge < -0.3 is 9.52 Å². The first kappa shape index (κ1) is 9.07. The zero-order chi connectivity index (χ0) is 8.97. The molecule has 0 fully saturated rings. The van der Waals surface area contributed by atoms with E-state index in [-0.39, 0.29) is 0 Å². The summed E-state index contributed by atoms with van der Waals surface area (Å²) in [5, 5.41) is 9.52. The normalized spacial score (nSPS) is 12.6. The van der Waals surface area contributed by atoms with Gasteiger partial charge in [0.05, 0.1) is 6.26 Å². The number of allylic oxidation sites excluding steroid dienone is 1. The highest BCUT2D eigenvalue weighted by Gasteiger charge is 2.07. The Bertz CT molecular complexity index is 243. The van der Waals surface area contributed by atoms with E-state index in [9.17, 15) is 5.11 Å². The Morgan fingerprint density at radius 1 is 1.67 bits per heavy atom. The molecule has 0 saturated heterocycles. The van der Waals surface area contributed by atoms with Crippen molar-refractivity contribution < 1.29 is 9.52 Å². The van der Waals surface area contributed by atoms with Crippen molar-refractivity contribution in [1.82, 2.24) is 0 Å². The summed E-state index contributed by atoms with van der Waals surface area (Å²) in [5.41, 5.74) is 1.21. The SMILES string of the molecule is CC(C)=CCC(O)c1ccco1. The number of furan rings is 1. The molecular formula is C10H14O2. The Morgan fingerprint density at radius 3 is 2.92 bits per heavy atom. The van der Waals surface area contributed by atoms with Crippen LogP contribution in [0.1, 0.15) is 32.1 Å². The summed E-state index contributed by atoms with van der Waals surface area (Å²) in [4.78, 5) is 0. The van der Waals surface area contributed by atoms with Gasteiger partial charge in [0.15, 0.2) is 0 Å². The highest BCUT2D eigenvalue weighted by molar-refractivity contribution is 5.05. The molecule has 0 aliphatic rings. The fourth-order valence-electron chi connectivity index (χ4n) is 0.944. The summed E-state index contributed by atoms with van der Waals surface area (Å²) in [7, 11) is 0. The van der Waals surface area contributed by atoms with E-state index >= 15 is 0 Å². The summed E-state index contributed by atoms with van der Waals surface area (Å²) in [6.07, 6.45) is 3.68. The molecule has 0 spiro atoms. The maximum Gasteiger partial charge on any atom is 0.132 e. The predicted octanol–water partition coefficient (Wildman–Crippen LogP) is 2.67. The lowest BCUT2D eigenvalue weighted by Gasteiger charge is -2.03. The lowest BCUT2D eigenvalue weighted by Crippen LogP contribution is -1.92. The summed E-state index contributed by atoms with van der Waals surface area (Å²) in [6.45, 7) is 4.02. The second-order valence-corrected chi connectivity index (χ2v) is 3.05. The molecule has 0 radical (unpaired) electrons. The molecule has 2 nitrogen and oxygen atoms in total. The van der Waals surface area contributed by atoms with E-state index in [1.54, 1.807) is 18.4 Å². The van der Waals surface area contributed by atoms with Crippen LogP contribution < -0.4 is 0 Å². The van der Waals surface area contributed by atoms with E-state index in [2.05, 4.69) is 0 Å². The van der Waals surface area contributed by atoms with Gasteiger partial charge in [-0.25, -0.2) is 0 Å². The second kappa shape index (κ2) is 4.12. The largest absolute Gasteiger partial charge is 0.467 e. The minimum absolute atomic E-state index is 0.505. The van der Waals surface area contributed by atoms with Crippen LogP contribution in [0, 0.1) is 0 Å². The van der Waals surface area contributed by atoms with Crippen LogP contribution in [0.2, 0.25) is 0 Å². The molecule has 0 aliphatic heterocycles. The zero-order valence-corrected chi connectivity index (χ0v) is 7.45. The number of aliphatic hydroxyl groups is 1. The van der Waals surface area contributed by atoms with E-state index in [1.165, 1.54) is 5.57 Å². The fourth-order valence-corrected chi connectivity index (χ4v) is 0.944. The monoisotopic (exact) mass is 166 g/mol. The third-order valence-corrected chi connectivity index (χ3v) is 1.62. The van der Waals surface area contributed by atoms with E-state index in [0.29, 0.717) is 12.2 Å². The van der Waals surface area contributed by atoms with Crippen molar-refractivity contribution in [3.8, 4) is 0 Å². The topological polar surface area (TPSA) is 33.4 Å². The van der Waals surface area contributed by atoms with Crippen LogP contribution in [0.15, 0.2) is 34.5 Å². The van der Waals surface area contributed by atoms with Crippen molar-refractivity contribution in [3.05, 3.63) is 35.8 Å². The van der Waals surface area contributed by atoms with Gasteiger partial charge in [-0.15, -0.1) is 0 Å². The predicted molar refractivity (Wildman–Crippen MR) is 47.7 cm³/mol. The summed E-state index contributed by atoms with van der Waals surface area (Å²) in [6, 6.07) is 3.56. The van der Waals surface area contributed by atoms with Gasteiger partial charge >= 0.3 is 0 Å². The molecule has 0 amide bonds. The Labute approximate surface area is 72.5 Å². The number of hydrogen-bond donors (Lipinski definition) is 1. The third-order valence-electron chi connectivity index (χ3n) is 1.62. The lowest BCUT2D eigenvalue weighted by atomic mass is 10.1. The number of aliphatic hydroxyl groups excluding tert-OH is 1. The molecule has 1 aromatic rings. The van der Waals surface area contributed by atoms with Crippen LogP contribution in [-0.2, 0) is 0 Å². The second-order valence-electron chi connectivity index (χ2n) is 3.05. The zero-order valence-electron chi connectivity index (χ0n) is 7.45. The first-order valence-electron chi connectivity index (χ1n) is 4.05. The Kier molecular flexibility index (Phi) is 3.11. The highest BCUT2D eigenvalue weighted by Crippen LogP contribution is 2.17. The molecule has 0 aliphatic carbocycles. The average molecular weight is 166 g/mol. The van der Waals surface area contributed by atoms with Crippen molar-refractivity contribution in [2.75, 3.05) is 0 Å². The average Bonchev–Trinajstić information content (AvgIpc) is 2.51. The molecule has 1 aromatic heterocycles. The number of rotatable bonds is 3. The minimum Gasteiger partial charge on any atom is -0.467 e. The standard InChI is InChI=1S/C10H14O2/c1-8(2)5-6-9(11)10-4-3-7-12-10/h3-5,7,9,11H,6H2,1-2H3. The lowest BCUT2D eigenvalue weighted by molar-refractivity contribution is 0.153. The minimum atomic E-state index is -0.505. The molecule has 1 heterocycles. The summed E-state index contributed by atoms with van der Waals surface area (Å²) >= 11 is 0. The van der Waals surface area contributed by atoms with Crippen LogP contribution in [0.3, 0.4) is 0 Å². The van der Waals surface area contributed by atoms with Gasteiger partial charge in [-0.05, 0) is 32.4 Å². The quantitative estimate of drug-likeness (QED) is 0.700. The van der Waals surface area contributed by atoms with Gasteiger partial charge in [0.1, 0.15) is 11.9 Å². The third kappa shape index (κ3) is 2.55. The van der Waals surface area contributed by atoms with Gasteiger partial charge in [-0.2, -0.15) is 0 Å². The molecule has 0 saturated carbocycles. The maximum absolute atomic E-state index is 9.52. The molecule has 1 atom stereocenters. The van der Waals surface area contributed by atoms with Crippen molar-refractivity contribution in [2.24, 2.45) is 0 Å². The van der Waals surface area contributed by atoms with Gasteiger partial charge in [-0.3, -0.25) is 0 Å². The Hall–Kier alpha value is -1.02. The first-order valence-corrected chi connectivity index (χ1v) is 4.05. The molecule has 0 bridgehead atoms. The van der Waals surface area contributed by atoms with Crippen molar-refractivity contribution in [1.29, 1.82) is 0 Å². The van der Waals surface area contributed by atoms with Crippen LogP contribution in [0.4, 0.5) is 0 Å². The van der Waals surface area contributed by atoms with Crippen LogP contribution in [-0.4, -0.2) is 5.11 Å². The smallest absolute Gasteiger partial charge is 0.132 e. The first-order chi connectivity index (χ1) is 5.70. The fraction of sp³-hybridized carbons (Fsp3) is 0.400. The summed E-state index contributed by atoms with van der Waals surface area (Å²) in [5.74, 6) is 0.632. The number of hydrogen-bond acceptors (Lipinski definition) is 2. The molecule has 1 rings (SSSR count). The Morgan fingerprint density at radius 2 is 2.42 bits per heavy atom. The molecule has 2 heteroatoms. The van der Waals surface area contributed by atoms with Crippen molar-refractivity contribution >= 4 is 0 Å². The molecule has 12 heavy (non-hydrogen) atoms. The van der Waals surface area contributed by atoms with Gasteiger partial charge in [0, 0.05) is 0 Å². The van der Waals surface area contributed by atoms with Gasteiger partial charge in [-0.1, -0.05) is 11.6 Å². The van der Waals surface area contributed by atoms with E-state index in [1.807, 2.05) is 19.9 Å². The van der Waals surface area contributed by atoms with Crippen molar-refractivity contribution in [3.63, 3.8) is 0 Å². The van der Waals surface area contributed by atoms with E-state index in [0.717, 1.165) is 0 Å². The molecular weight excluding hydrogens is 152 g/mol. The van der Waals surface area contributed by atoms with Gasteiger partial charge in [0.25, 0.3) is 0 Å². The van der Waals surface area contributed by atoms with Crippen molar-refractivity contribution in [2.45, 2.75) is 26.4 Å². The van der Waals surface area contributed by atoms with Crippen LogP contribution in [0.5, 0.6) is 0 Å². The molecule has 1 unspecified atom stereocenters. The van der Waals surface area contributed by atoms with Crippen LogP contribution >= 0.6 is 0 Å². The van der Waals surface area contributed by atoms with Gasteiger partial charge in [0.2, 0.25) is 0 Å². The highest BCUT2D eigenvalue weighted by atomic mass is 16.4. The van der Waals surface area contributed by atoms with E-state index in [4.69, 9.17) is 4.42 Å².